The molecular weight excluding hydrogens is 300 g/mol. The van der Waals surface area contributed by atoms with Crippen LogP contribution >= 0.6 is 11.3 Å². The van der Waals surface area contributed by atoms with E-state index in [2.05, 4.69) is 10.3 Å². The molecule has 1 atom stereocenters. The number of nitrogens with one attached hydrogen (secondary N) is 1. The van der Waals surface area contributed by atoms with Gasteiger partial charge in [-0.25, -0.2) is 4.98 Å². The second-order valence-electron chi connectivity index (χ2n) is 5.98. The third kappa shape index (κ3) is 4.51. The van der Waals surface area contributed by atoms with Crippen LogP contribution in [-0.2, 0) is 4.74 Å². The van der Waals surface area contributed by atoms with Gasteiger partial charge in [-0.1, -0.05) is 26.7 Å². The Kier molecular flexibility index (Phi) is 6.35. The molecule has 1 aliphatic rings. The molecule has 5 nitrogen and oxygen atoms in total. The van der Waals surface area contributed by atoms with Crippen LogP contribution in [0.1, 0.15) is 74.0 Å². The van der Waals surface area contributed by atoms with E-state index in [0.717, 1.165) is 37.3 Å². The number of thiazole rings is 1. The zero-order valence-electron chi connectivity index (χ0n) is 13.4. The van der Waals surface area contributed by atoms with E-state index in [1.165, 1.54) is 11.3 Å². The van der Waals surface area contributed by atoms with E-state index in [4.69, 9.17) is 4.74 Å². The van der Waals surface area contributed by atoms with Crippen molar-refractivity contribution in [3.8, 4) is 0 Å². The molecule has 0 aromatic carbocycles. The van der Waals surface area contributed by atoms with Gasteiger partial charge < -0.3 is 15.2 Å². The Bertz CT molecular complexity index is 477. The minimum Gasteiger partial charge on any atom is -0.388 e. The summed E-state index contributed by atoms with van der Waals surface area (Å²) in [7, 11) is 0. The zero-order valence-corrected chi connectivity index (χ0v) is 14.2. The highest BCUT2D eigenvalue weighted by atomic mass is 32.1. The number of aromatic nitrogens is 1. The van der Waals surface area contributed by atoms with Crippen molar-refractivity contribution in [2.75, 3.05) is 13.2 Å². The number of rotatable bonds is 8. The van der Waals surface area contributed by atoms with Crippen molar-refractivity contribution >= 4 is 17.2 Å². The summed E-state index contributed by atoms with van der Waals surface area (Å²) in [5.74, 6) is -0.217. The number of aliphatic hydroxyl groups is 1. The molecule has 1 fully saturated rings. The van der Waals surface area contributed by atoms with Crippen LogP contribution in [0.3, 0.4) is 0 Å². The summed E-state index contributed by atoms with van der Waals surface area (Å²) >= 11 is 1.47. The molecule has 1 aromatic rings. The summed E-state index contributed by atoms with van der Waals surface area (Å²) in [6, 6.07) is 0. The fraction of sp³-hybridized carbons (Fsp3) is 0.750. The lowest BCUT2D eigenvalue weighted by molar-refractivity contribution is 0.0212. The third-order valence-corrected chi connectivity index (χ3v) is 4.91. The first-order chi connectivity index (χ1) is 10.6. The van der Waals surface area contributed by atoms with E-state index in [0.29, 0.717) is 18.5 Å². The average molecular weight is 326 g/mol. The smallest absolute Gasteiger partial charge is 0.270 e. The molecule has 2 rings (SSSR count). The van der Waals surface area contributed by atoms with Crippen molar-refractivity contribution in [2.24, 2.45) is 0 Å². The van der Waals surface area contributed by atoms with Crippen LogP contribution < -0.4 is 5.32 Å². The zero-order chi connectivity index (χ0) is 16.0. The van der Waals surface area contributed by atoms with Crippen molar-refractivity contribution in [2.45, 2.75) is 64.1 Å². The van der Waals surface area contributed by atoms with Gasteiger partial charge in [-0.05, 0) is 25.7 Å². The molecule has 0 aliphatic carbocycles. The number of hydrogen-bond donors (Lipinski definition) is 2. The first kappa shape index (κ1) is 17.4. The quantitative estimate of drug-likeness (QED) is 0.770. The van der Waals surface area contributed by atoms with Gasteiger partial charge in [0.1, 0.15) is 16.8 Å². The molecule has 0 spiro atoms. The number of ether oxygens (including phenoxy) is 1. The lowest BCUT2D eigenvalue weighted by Crippen LogP contribution is -2.43. The first-order valence-corrected chi connectivity index (χ1v) is 9.03. The SMILES string of the molecule is CCCC(O)(CCC)CNC(=O)c1csc(C2CCCO2)n1. The van der Waals surface area contributed by atoms with E-state index in [-0.39, 0.29) is 18.6 Å². The Labute approximate surface area is 136 Å². The third-order valence-electron chi connectivity index (χ3n) is 3.97. The van der Waals surface area contributed by atoms with E-state index in [1.54, 1.807) is 5.38 Å². The molecule has 2 N–H and O–H groups in total. The van der Waals surface area contributed by atoms with Crippen LogP contribution in [0.5, 0.6) is 0 Å². The summed E-state index contributed by atoms with van der Waals surface area (Å²) in [4.78, 5) is 16.6. The molecule has 22 heavy (non-hydrogen) atoms. The van der Waals surface area contributed by atoms with Crippen molar-refractivity contribution in [1.82, 2.24) is 10.3 Å². The van der Waals surface area contributed by atoms with Gasteiger partial charge in [-0.2, -0.15) is 0 Å². The molecule has 1 saturated heterocycles. The molecule has 1 amide bonds. The normalized spacial score (nSPS) is 18.6. The summed E-state index contributed by atoms with van der Waals surface area (Å²) < 4.78 is 5.59. The molecule has 1 aromatic heterocycles. The summed E-state index contributed by atoms with van der Waals surface area (Å²) in [5.41, 5.74) is -0.391. The van der Waals surface area contributed by atoms with Crippen molar-refractivity contribution in [3.63, 3.8) is 0 Å². The van der Waals surface area contributed by atoms with Gasteiger partial charge in [0.05, 0.1) is 5.60 Å². The topological polar surface area (TPSA) is 71.5 Å². The number of amides is 1. The Morgan fingerprint density at radius 2 is 2.23 bits per heavy atom. The van der Waals surface area contributed by atoms with Gasteiger partial charge in [0.15, 0.2) is 0 Å². The predicted molar refractivity (Wildman–Crippen MR) is 87.1 cm³/mol. The highest BCUT2D eigenvalue weighted by Gasteiger charge is 2.27. The molecule has 0 radical (unpaired) electrons. The second kappa shape index (κ2) is 8.04. The Balaban J connectivity index is 1.91. The lowest BCUT2D eigenvalue weighted by atomic mass is 9.92. The van der Waals surface area contributed by atoms with Crippen molar-refractivity contribution in [3.05, 3.63) is 16.1 Å². The van der Waals surface area contributed by atoms with E-state index < -0.39 is 5.60 Å². The Hall–Kier alpha value is -0.980. The van der Waals surface area contributed by atoms with Crippen LogP contribution in [0.15, 0.2) is 5.38 Å². The highest BCUT2D eigenvalue weighted by molar-refractivity contribution is 7.09. The maximum Gasteiger partial charge on any atom is 0.270 e. The Morgan fingerprint density at radius 3 is 2.82 bits per heavy atom. The van der Waals surface area contributed by atoms with Crippen LogP contribution in [0.25, 0.3) is 0 Å². The number of carbonyl (C=O) groups is 1. The van der Waals surface area contributed by atoms with E-state index in [9.17, 15) is 9.90 Å². The van der Waals surface area contributed by atoms with Crippen LogP contribution in [0.2, 0.25) is 0 Å². The maximum absolute atomic E-state index is 12.2. The summed E-state index contributed by atoms with van der Waals surface area (Å²) in [5, 5.41) is 16.0. The predicted octanol–water partition coefficient (Wildman–Crippen LogP) is 3.06. The summed E-state index contributed by atoms with van der Waals surface area (Å²) in [6.45, 7) is 5.13. The van der Waals surface area contributed by atoms with Gasteiger partial charge in [0, 0.05) is 18.5 Å². The van der Waals surface area contributed by atoms with E-state index in [1.807, 2.05) is 13.8 Å². The summed E-state index contributed by atoms with van der Waals surface area (Å²) in [6.07, 6.45) is 5.24. The number of nitrogens with zero attached hydrogens (tertiary/aromatic N) is 1. The second-order valence-corrected chi connectivity index (χ2v) is 6.87. The molecule has 1 unspecified atom stereocenters. The molecular formula is C16H26N2O3S. The standard InChI is InChI=1S/C16H26N2O3S/c1-3-7-16(20,8-4-2)11-17-14(19)12-10-22-15(18-12)13-6-5-9-21-13/h10,13,20H,3-9,11H2,1-2H3,(H,17,19). The number of hydrogen-bond acceptors (Lipinski definition) is 5. The monoisotopic (exact) mass is 326 g/mol. The van der Waals surface area contributed by atoms with Gasteiger partial charge in [-0.3, -0.25) is 4.79 Å². The average Bonchev–Trinajstić information content (AvgIpc) is 3.16. The Morgan fingerprint density at radius 1 is 1.50 bits per heavy atom. The molecule has 1 aliphatic heterocycles. The van der Waals surface area contributed by atoms with E-state index >= 15 is 0 Å². The molecule has 6 heteroatoms. The largest absolute Gasteiger partial charge is 0.388 e. The van der Waals surface area contributed by atoms with Crippen molar-refractivity contribution < 1.29 is 14.6 Å². The van der Waals surface area contributed by atoms with Gasteiger partial charge in [0.25, 0.3) is 5.91 Å². The van der Waals surface area contributed by atoms with Gasteiger partial charge in [-0.15, -0.1) is 11.3 Å². The molecule has 124 valence electrons. The maximum atomic E-state index is 12.2. The first-order valence-electron chi connectivity index (χ1n) is 8.15. The molecule has 0 saturated carbocycles. The van der Waals surface area contributed by atoms with Crippen LogP contribution in [0, 0.1) is 0 Å². The lowest BCUT2D eigenvalue weighted by Gasteiger charge is -2.27. The minimum atomic E-state index is -0.813. The fourth-order valence-corrected chi connectivity index (χ4v) is 3.76. The highest BCUT2D eigenvalue weighted by Crippen LogP contribution is 2.30. The van der Waals surface area contributed by atoms with Gasteiger partial charge in [0.2, 0.25) is 0 Å². The fourth-order valence-electron chi connectivity index (χ4n) is 2.88. The number of carbonyl (C=O) groups excluding carboxylic acids is 1. The molecule has 0 bridgehead atoms. The minimum absolute atomic E-state index is 0.0451. The van der Waals surface area contributed by atoms with Gasteiger partial charge >= 0.3 is 0 Å². The van der Waals surface area contributed by atoms with Crippen LogP contribution in [0.4, 0.5) is 0 Å². The molecule has 2 heterocycles. The van der Waals surface area contributed by atoms with Crippen molar-refractivity contribution in [1.29, 1.82) is 0 Å². The van der Waals surface area contributed by atoms with Crippen LogP contribution in [-0.4, -0.2) is 34.8 Å².